The average molecular weight is 419 g/mol. The van der Waals surface area contributed by atoms with Gasteiger partial charge >= 0.3 is 0 Å². The second-order valence-corrected chi connectivity index (χ2v) is 6.57. The normalized spacial score (nSPS) is 10.4. The third kappa shape index (κ3) is 10.7. The Bertz CT molecular complexity index is 725. The molecule has 0 saturated carbocycles. The van der Waals surface area contributed by atoms with Crippen molar-refractivity contribution in [2.45, 2.75) is 46.0 Å². The molecule has 0 bridgehead atoms. The molecular weight excluding hydrogens is 386 g/mol. The molecule has 0 aliphatic carbocycles. The van der Waals surface area contributed by atoms with E-state index in [1.807, 2.05) is 12.1 Å². The number of ketones is 1. The highest BCUT2D eigenvalue weighted by Gasteiger charge is 2.03. The van der Waals surface area contributed by atoms with Gasteiger partial charge in [0.05, 0.1) is 13.3 Å². The summed E-state index contributed by atoms with van der Waals surface area (Å²) in [5.41, 5.74) is 1.46. The fourth-order valence-corrected chi connectivity index (χ4v) is 2.62. The van der Waals surface area contributed by atoms with Crippen molar-refractivity contribution >= 4 is 11.9 Å². The Hall–Kier alpha value is -2.69. The SMILES string of the molecule is CCCCCCCOc1ccc(C(=O)C=Cc2ccc(OCF)cc2)cc1.CCF. The lowest BCUT2D eigenvalue weighted by molar-refractivity contribution is 0.104. The Labute approximate surface area is 178 Å². The quantitative estimate of drug-likeness (QED) is 0.207. The zero-order valence-electron chi connectivity index (χ0n) is 17.9. The highest BCUT2D eigenvalue weighted by atomic mass is 19.1. The molecule has 3 nitrogen and oxygen atoms in total. The van der Waals surface area contributed by atoms with E-state index in [0.29, 0.717) is 17.9 Å². The molecule has 0 aromatic heterocycles. The Kier molecular flexibility index (Phi) is 13.6. The fourth-order valence-electron chi connectivity index (χ4n) is 2.62. The summed E-state index contributed by atoms with van der Waals surface area (Å²) in [5.74, 6) is 1.17. The molecule has 0 spiro atoms. The Morgan fingerprint density at radius 1 is 0.833 bits per heavy atom. The number of allylic oxidation sites excluding steroid dienone is 1. The van der Waals surface area contributed by atoms with Gasteiger partial charge in [-0.25, -0.2) is 4.39 Å². The van der Waals surface area contributed by atoms with Gasteiger partial charge in [-0.3, -0.25) is 9.18 Å². The monoisotopic (exact) mass is 418 g/mol. The summed E-state index contributed by atoms with van der Waals surface area (Å²) in [6.45, 7) is 3.26. The van der Waals surface area contributed by atoms with E-state index in [1.54, 1.807) is 42.5 Å². The maximum atomic E-state index is 12.3. The molecule has 0 unspecified atom stereocenters. The number of hydrogen-bond acceptors (Lipinski definition) is 3. The zero-order valence-corrected chi connectivity index (χ0v) is 17.9. The molecule has 0 N–H and O–H groups in total. The van der Waals surface area contributed by atoms with Crippen molar-refractivity contribution in [2.24, 2.45) is 0 Å². The lowest BCUT2D eigenvalue weighted by atomic mass is 10.1. The lowest BCUT2D eigenvalue weighted by Gasteiger charge is -2.06. The Morgan fingerprint density at radius 2 is 1.40 bits per heavy atom. The molecule has 164 valence electrons. The first kappa shape index (κ1) is 25.3. The second kappa shape index (κ2) is 16.1. The number of carbonyl (C=O) groups is 1. The van der Waals surface area contributed by atoms with E-state index in [2.05, 4.69) is 6.92 Å². The second-order valence-electron chi connectivity index (χ2n) is 6.57. The van der Waals surface area contributed by atoms with Crippen molar-refractivity contribution in [2.75, 3.05) is 20.1 Å². The largest absolute Gasteiger partial charge is 0.494 e. The Balaban J connectivity index is 0.00000141. The van der Waals surface area contributed by atoms with Crippen molar-refractivity contribution in [1.82, 2.24) is 0 Å². The van der Waals surface area contributed by atoms with Gasteiger partial charge in [-0.05, 0) is 61.4 Å². The lowest BCUT2D eigenvalue weighted by Crippen LogP contribution is -1.98. The summed E-state index contributed by atoms with van der Waals surface area (Å²) in [7, 11) is 0. The summed E-state index contributed by atoms with van der Waals surface area (Å²) >= 11 is 0. The van der Waals surface area contributed by atoms with Gasteiger partial charge in [0.2, 0.25) is 6.86 Å². The summed E-state index contributed by atoms with van der Waals surface area (Å²) in [5, 5.41) is 0. The van der Waals surface area contributed by atoms with Crippen LogP contribution in [0.4, 0.5) is 8.78 Å². The minimum absolute atomic E-state index is 0.0785. The van der Waals surface area contributed by atoms with E-state index in [1.165, 1.54) is 38.7 Å². The summed E-state index contributed by atoms with van der Waals surface area (Å²) in [6, 6.07) is 14.1. The Morgan fingerprint density at radius 3 is 2.00 bits per heavy atom. The fraction of sp³-hybridized carbons (Fsp3) is 0.400. The van der Waals surface area contributed by atoms with Crippen LogP contribution in [0.5, 0.6) is 11.5 Å². The van der Waals surface area contributed by atoms with Crippen molar-refractivity contribution in [3.8, 4) is 11.5 Å². The van der Waals surface area contributed by atoms with Crippen LogP contribution in [0, 0.1) is 0 Å². The van der Waals surface area contributed by atoms with E-state index in [4.69, 9.17) is 9.47 Å². The first-order chi connectivity index (χ1) is 14.6. The molecule has 0 heterocycles. The van der Waals surface area contributed by atoms with E-state index < -0.39 is 6.86 Å². The van der Waals surface area contributed by atoms with Gasteiger partial charge in [0.25, 0.3) is 0 Å². The number of hydrogen-bond donors (Lipinski definition) is 0. The molecule has 2 aromatic carbocycles. The van der Waals surface area contributed by atoms with E-state index in [-0.39, 0.29) is 12.5 Å². The van der Waals surface area contributed by atoms with Crippen molar-refractivity contribution in [1.29, 1.82) is 0 Å². The van der Waals surface area contributed by atoms with Crippen molar-refractivity contribution < 1.29 is 23.0 Å². The third-order valence-electron chi connectivity index (χ3n) is 4.18. The van der Waals surface area contributed by atoms with Gasteiger partial charge in [-0.15, -0.1) is 0 Å². The predicted molar refractivity (Wildman–Crippen MR) is 119 cm³/mol. The molecule has 0 aliphatic rings. The molecule has 0 saturated heterocycles. The number of alkyl halides is 2. The van der Waals surface area contributed by atoms with Crippen LogP contribution in [0.15, 0.2) is 54.6 Å². The molecule has 0 radical (unpaired) electrons. The third-order valence-corrected chi connectivity index (χ3v) is 4.18. The number of rotatable bonds is 12. The summed E-state index contributed by atoms with van der Waals surface area (Å²) < 4.78 is 32.8. The minimum atomic E-state index is -0.855. The van der Waals surface area contributed by atoms with Crippen LogP contribution in [0.3, 0.4) is 0 Å². The van der Waals surface area contributed by atoms with E-state index in [0.717, 1.165) is 17.7 Å². The van der Waals surface area contributed by atoms with Crippen LogP contribution in [-0.2, 0) is 0 Å². The number of carbonyl (C=O) groups excluding carboxylic acids is 1. The maximum Gasteiger partial charge on any atom is 0.228 e. The van der Waals surface area contributed by atoms with Gasteiger partial charge in [-0.1, -0.05) is 50.8 Å². The predicted octanol–water partition coefficient (Wildman–Crippen LogP) is 7.21. The van der Waals surface area contributed by atoms with Gasteiger partial charge in [0.1, 0.15) is 11.5 Å². The molecule has 0 aliphatic heterocycles. The van der Waals surface area contributed by atoms with Crippen LogP contribution in [-0.4, -0.2) is 25.9 Å². The van der Waals surface area contributed by atoms with Crippen molar-refractivity contribution in [3.63, 3.8) is 0 Å². The first-order valence-electron chi connectivity index (χ1n) is 10.4. The molecule has 0 atom stereocenters. The van der Waals surface area contributed by atoms with Crippen LogP contribution >= 0.6 is 0 Å². The van der Waals surface area contributed by atoms with E-state index in [9.17, 15) is 13.6 Å². The van der Waals surface area contributed by atoms with Gasteiger partial charge in [0.15, 0.2) is 5.78 Å². The number of halogens is 2. The van der Waals surface area contributed by atoms with Crippen LogP contribution < -0.4 is 9.47 Å². The average Bonchev–Trinajstić information content (AvgIpc) is 2.77. The first-order valence-corrected chi connectivity index (χ1v) is 10.4. The van der Waals surface area contributed by atoms with E-state index >= 15 is 0 Å². The number of benzene rings is 2. The molecular formula is C25H32F2O3. The van der Waals surface area contributed by atoms with Crippen LogP contribution in [0.2, 0.25) is 0 Å². The van der Waals surface area contributed by atoms with Gasteiger partial charge < -0.3 is 9.47 Å². The summed E-state index contributed by atoms with van der Waals surface area (Å²) in [6.07, 6.45) is 9.26. The topological polar surface area (TPSA) is 35.5 Å². The van der Waals surface area contributed by atoms with Gasteiger partial charge in [0, 0.05) is 5.56 Å². The van der Waals surface area contributed by atoms with Crippen LogP contribution in [0.25, 0.3) is 6.08 Å². The van der Waals surface area contributed by atoms with Crippen molar-refractivity contribution in [3.05, 3.63) is 65.7 Å². The molecule has 2 aromatic rings. The zero-order chi connectivity index (χ0) is 22.0. The summed E-state index contributed by atoms with van der Waals surface area (Å²) in [4.78, 5) is 12.3. The standard InChI is InChI=1S/C23H27FO3.C2H5F/c1-2-3-4-5-6-17-26-21-14-10-20(11-15-21)23(25)16-9-19-7-12-22(13-8-19)27-18-24;1-2-3/h7-16H,2-6,17-18H2,1H3;2H2,1H3. The van der Waals surface area contributed by atoms with Gasteiger partial charge in [-0.2, -0.15) is 0 Å². The molecule has 30 heavy (non-hydrogen) atoms. The highest BCUT2D eigenvalue weighted by Crippen LogP contribution is 2.16. The number of unbranched alkanes of at least 4 members (excludes halogenated alkanes) is 4. The molecule has 0 fully saturated rings. The highest BCUT2D eigenvalue weighted by molar-refractivity contribution is 6.06. The number of ether oxygens (including phenoxy) is 2. The maximum absolute atomic E-state index is 12.3. The molecule has 0 amide bonds. The molecule has 5 heteroatoms. The smallest absolute Gasteiger partial charge is 0.228 e. The molecule has 2 rings (SSSR count). The minimum Gasteiger partial charge on any atom is -0.494 e. The van der Waals surface area contributed by atoms with Crippen LogP contribution in [0.1, 0.15) is 61.9 Å².